The Balaban J connectivity index is 1.28. The number of piperidine rings is 1. The number of likely N-dealkylation sites (tertiary alicyclic amines) is 1. The Kier molecular flexibility index (Phi) is 9.11. The lowest BCUT2D eigenvalue weighted by Gasteiger charge is -2.32. The summed E-state index contributed by atoms with van der Waals surface area (Å²) in [6.07, 6.45) is 2.32. The molecular weight excluding hydrogens is 467 g/mol. The third kappa shape index (κ3) is 7.13. The fraction of sp³-hybridized carbons (Fsp3) is 0.357. The number of nitrogens with one attached hydrogen (secondary N) is 1. The lowest BCUT2D eigenvalue weighted by molar-refractivity contribution is 0.190. The third-order valence-electron chi connectivity index (χ3n) is 6.14. The van der Waals surface area contributed by atoms with Crippen molar-refractivity contribution >= 4 is 23.2 Å². The van der Waals surface area contributed by atoms with Crippen LogP contribution in [-0.2, 0) is 19.7 Å². The predicted octanol–water partition coefficient (Wildman–Crippen LogP) is 6.73. The number of benzene rings is 3. The van der Waals surface area contributed by atoms with Crippen LogP contribution in [0.25, 0.3) is 0 Å². The summed E-state index contributed by atoms with van der Waals surface area (Å²) in [6.45, 7) is 7.01. The second-order valence-corrected chi connectivity index (χ2v) is 9.50. The molecule has 1 saturated heterocycles. The van der Waals surface area contributed by atoms with Crippen LogP contribution < -0.4 is 14.8 Å². The van der Waals surface area contributed by atoms with Crippen LogP contribution in [0.1, 0.15) is 36.5 Å². The van der Waals surface area contributed by atoms with E-state index in [1.807, 2.05) is 25.1 Å². The van der Waals surface area contributed by atoms with Gasteiger partial charge in [0.15, 0.2) is 11.5 Å². The Labute approximate surface area is 212 Å². The molecule has 1 aliphatic heterocycles. The second kappa shape index (κ2) is 12.5. The molecule has 180 valence electrons. The van der Waals surface area contributed by atoms with Crippen LogP contribution >= 0.6 is 23.2 Å². The summed E-state index contributed by atoms with van der Waals surface area (Å²) in [6, 6.07) is 22.8. The van der Waals surface area contributed by atoms with Gasteiger partial charge in [-0.15, -0.1) is 0 Å². The molecule has 1 fully saturated rings. The Hall–Kier alpha value is -2.24. The molecule has 0 aliphatic carbocycles. The highest BCUT2D eigenvalue weighted by Crippen LogP contribution is 2.31. The third-order valence-corrected chi connectivity index (χ3v) is 6.72. The number of hydrogen-bond donors (Lipinski definition) is 1. The average molecular weight is 499 g/mol. The lowest BCUT2D eigenvalue weighted by Crippen LogP contribution is -2.41. The molecule has 0 bridgehead atoms. The number of rotatable bonds is 10. The van der Waals surface area contributed by atoms with Crippen LogP contribution in [0.3, 0.4) is 0 Å². The molecule has 4 nitrogen and oxygen atoms in total. The predicted molar refractivity (Wildman–Crippen MR) is 140 cm³/mol. The molecule has 34 heavy (non-hydrogen) atoms. The van der Waals surface area contributed by atoms with Gasteiger partial charge in [0.25, 0.3) is 0 Å². The van der Waals surface area contributed by atoms with Crippen LogP contribution in [0.2, 0.25) is 10.0 Å². The number of hydrogen-bond acceptors (Lipinski definition) is 4. The summed E-state index contributed by atoms with van der Waals surface area (Å²) in [5, 5.41) is 4.94. The maximum atomic E-state index is 6.28. The molecular formula is C28H32Cl2N2O2. The first-order valence-electron chi connectivity index (χ1n) is 11.9. The summed E-state index contributed by atoms with van der Waals surface area (Å²) in [5.74, 6) is 1.47. The van der Waals surface area contributed by atoms with Crippen molar-refractivity contribution in [2.24, 2.45) is 0 Å². The maximum Gasteiger partial charge on any atom is 0.161 e. The largest absolute Gasteiger partial charge is 0.490 e. The Morgan fingerprint density at radius 2 is 1.68 bits per heavy atom. The van der Waals surface area contributed by atoms with Gasteiger partial charge in [-0.25, -0.2) is 0 Å². The molecule has 0 amide bonds. The fourth-order valence-corrected chi connectivity index (χ4v) is 4.71. The quantitative estimate of drug-likeness (QED) is 0.336. The van der Waals surface area contributed by atoms with Gasteiger partial charge in [0.2, 0.25) is 0 Å². The molecule has 4 rings (SSSR count). The lowest BCUT2D eigenvalue weighted by atomic mass is 10.0. The molecule has 1 aliphatic rings. The number of ether oxygens (including phenoxy) is 2. The van der Waals surface area contributed by atoms with Crippen molar-refractivity contribution in [2.45, 2.75) is 45.5 Å². The number of nitrogens with zero attached hydrogens (tertiary/aromatic N) is 1. The number of halogens is 2. The first-order valence-corrected chi connectivity index (χ1v) is 12.7. The molecule has 0 aromatic heterocycles. The maximum absolute atomic E-state index is 6.28. The highest BCUT2D eigenvalue weighted by atomic mass is 35.5. The molecule has 6 heteroatoms. The van der Waals surface area contributed by atoms with E-state index >= 15 is 0 Å². The van der Waals surface area contributed by atoms with Crippen molar-refractivity contribution in [3.05, 3.63) is 93.5 Å². The van der Waals surface area contributed by atoms with Crippen LogP contribution in [0.15, 0.2) is 66.7 Å². The first-order chi connectivity index (χ1) is 16.6. The van der Waals surface area contributed by atoms with Crippen LogP contribution in [-0.4, -0.2) is 30.6 Å². The van der Waals surface area contributed by atoms with Crippen LogP contribution in [0, 0.1) is 0 Å². The zero-order valence-corrected chi connectivity index (χ0v) is 21.1. The van der Waals surface area contributed by atoms with Crippen molar-refractivity contribution in [2.75, 3.05) is 19.7 Å². The molecule has 1 heterocycles. The summed E-state index contributed by atoms with van der Waals surface area (Å²) < 4.78 is 11.9. The average Bonchev–Trinajstić information content (AvgIpc) is 2.85. The van der Waals surface area contributed by atoms with Gasteiger partial charge in [-0.3, -0.25) is 4.90 Å². The van der Waals surface area contributed by atoms with Gasteiger partial charge in [0, 0.05) is 34.7 Å². The highest BCUT2D eigenvalue weighted by Gasteiger charge is 2.19. The summed E-state index contributed by atoms with van der Waals surface area (Å²) in [5.41, 5.74) is 3.46. The van der Waals surface area contributed by atoms with Gasteiger partial charge in [0.1, 0.15) is 6.61 Å². The molecule has 0 radical (unpaired) electrons. The topological polar surface area (TPSA) is 33.7 Å². The van der Waals surface area contributed by atoms with Gasteiger partial charge in [-0.2, -0.15) is 0 Å². The van der Waals surface area contributed by atoms with Crippen molar-refractivity contribution in [1.29, 1.82) is 0 Å². The van der Waals surface area contributed by atoms with E-state index < -0.39 is 0 Å². The van der Waals surface area contributed by atoms with Gasteiger partial charge in [-0.1, -0.05) is 65.7 Å². The minimum absolute atomic E-state index is 0.356. The standard InChI is InChI=1S/C28H32Cl2N2O2/c1-2-33-28-16-22(8-11-27(28)34-20-23-9-10-24(29)17-26(23)30)18-31-25-12-14-32(15-13-25)19-21-6-4-3-5-7-21/h3-11,16-17,25,31H,2,12-15,18-20H2,1H3. The minimum atomic E-state index is 0.356. The van der Waals surface area contributed by atoms with E-state index in [0.717, 1.165) is 50.3 Å². The summed E-state index contributed by atoms with van der Waals surface area (Å²) >= 11 is 12.3. The van der Waals surface area contributed by atoms with Crippen LogP contribution in [0.4, 0.5) is 0 Å². The molecule has 0 saturated carbocycles. The van der Waals surface area contributed by atoms with Crippen molar-refractivity contribution in [1.82, 2.24) is 10.2 Å². The van der Waals surface area contributed by atoms with E-state index in [0.29, 0.717) is 35.1 Å². The molecule has 0 unspecified atom stereocenters. The van der Waals surface area contributed by atoms with Gasteiger partial charge in [0.05, 0.1) is 6.61 Å². The van der Waals surface area contributed by atoms with Crippen molar-refractivity contribution in [3.63, 3.8) is 0 Å². The monoisotopic (exact) mass is 498 g/mol. The van der Waals surface area contributed by atoms with E-state index in [9.17, 15) is 0 Å². The van der Waals surface area contributed by atoms with Crippen LogP contribution in [0.5, 0.6) is 11.5 Å². The fourth-order valence-electron chi connectivity index (χ4n) is 4.24. The summed E-state index contributed by atoms with van der Waals surface area (Å²) in [4.78, 5) is 2.54. The Morgan fingerprint density at radius 3 is 2.41 bits per heavy atom. The van der Waals surface area contributed by atoms with Gasteiger partial charge in [-0.05, 0) is 68.2 Å². The molecule has 3 aromatic carbocycles. The molecule has 0 spiro atoms. The van der Waals surface area contributed by atoms with Crippen molar-refractivity contribution in [3.8, 4) is 11.5 Å². The van der Waals surface area contributed by atoms with Crippen molar-refractivity contribution < 1.29 is 9.47 Å². The van der Waals surface area contributed by atoms with E-state index in [4.69, 9.17) is 32.7 Å². The first kappa shape index (κ1) is 24.9. The van der Waals surface area contributed by atoms with E-state index in [1.165, 1.54) is 11.1 Å². The van der Waals surface area contributed by atoms with E-state index in [-0.39, 0.29) is 0 Å². The van der Waals surface area contributed by atoms with Gasteiger partial charge < -0.3 is 14.8 Å². The smallest absolute Gasteiger partial charge is 0.161 e. The molecule has 3 aromatic rings. The van der Waals surface area contributed by atoms with E-state index in [2.05, 4.69) is 52.7 Å². The summed E-state index contributed by atoms with van der Waals surface area (Å²) in [7, 11) is 0. The Bertz CT molecular complexity index is 1050. The Morgan fingerprint density at radius 1 is 0.882 bits per heavy atom. The highest BCUT2D eigenvalue weighted by molar-refractivity contribution is 6.35. The molecule has 0 atom stereocenters. The zero-order chi connectivity index (χ0) is 23.8. The SMILES string of the molecule is CCOc1cc(CNC2CCN(Cc3ccccc3)CC2)ccc1OCc1ccc(Cl)cc1Cl. The minimum Gasteiger partial charge on any atom is -0.490 e. The van der Waals surface area contributed by atoms with E-state index in [1.54, 1.807) is 6.07 Å². The normalized spacial score (nSPS) is 14.8. The second-order valence-electron chi connectivity index (χ2n) is 8.66. The zero-order valence-electron chi connectivity index (χ0n) is 19.6. The van der Waals surface area contributed by atoms with Gasteiger partial charge >= 0.3 is 0 Å². The molecule has 1 N–H and O–H groups in total.